The van der Waals surface area contributed by atoms with E-state index in [2.05, 4.69) is 28.1 Å². The van der Waals surface area contributed by atoms with Gasteiger partial charge in [-0.05, 0) is 43.0 Å². The second-order valence-electron chi connectivity index (χ2n) is 6.47. The van der Waals surface area contributed by atoms with Gasteiger partial charge in [0.15, 0.2) is 5.79 Å². The van der Waals surface area contributed by atoms with E-state index in [0.29, 0.717) is 13.2 Å². The van der Waals surface area contributed by atoms with Gasteiger partial charge in [-0.25, -0.2) is 0 Å². The van der Waals surface area contributed by atoms with E-state index < -0.39 is 0 Å². The molecule has 1 unspecified atom stereocenters. The minimum Gasteiger partial charge on any atom is -0.497 e. The van der Waals surface area contributed by atoms with Gasteiger partial charge in [0.05, 0.1) is 20.3 Å². The first-order valence-electron chi connectivity index (χ1n) is 8.56. The molecule has 1 aromatic carbocycles. The van der Waals surface area contributed by atoms with Crippen molar-refractivity contribution in [3.63, 3.8) is 0 Å². The molecule has 0 saturated carbocycles. The zero-order valence-electron chi connectivity index (χ0n) is 14.1. The summed E-state index contributed by atoms with van der Waals surface area (Å²) in [6.45, 7) is 1.56. The maximum atomic E-state index is 9.84. The molecule has 1 saturated heterocycles. The second-order valence-corrected chi connectivity index (χ2v) is 7.32. The number of rotatable bonds is 6. The number of hydrogen-bond acceptors (Lipinski definition) is 4. The molecule has 1 aliphatic heterocycles. The lowest BCUT2D eigenvalue weighted by molar-refractivity contribution is -0.161. The Kier molecular flexibility index (Phi) is 5.98. The van der Waals surface area contributed by atoms with Crippen molar-refractivity contribution in [1.82, 2.24) is 0 Å². The average Bonchev–Trinajstić information content (AvgIpc) is 3.06. The molecule has 0 radical (unpaired) electrons. The highest BCUT2D eigenvalue weighted by Crippen LogP contribution is 2.38. The smallest absolute Gasteiger partial charge is 0.172 e. The molecule has 0 aromatic heterocycles. The average molecular weight is 397 g/mol. The Morgan fingerprint density at radius 3 is 2.75 bits per heavy atom. The van der Waals surface area contributed by atoms with Crippen LogP contribution in [0.1, 0.15) is 31.2 Å². The molecule has 1 spiro atoms. The number of aryl methyl sites for hydroxylation is 1. The van der Waals surface area contributed by atoms with Crippen LogP contribution in [0.5, 0.6) is 5.75 Å². The van der Waals surface area contributed by atoms with Gasteiger partial charge in [0.1, 0.15) is 5.75 Å². The van der Waals surface area contributed by atoms with Gasteiger partial charge >= 0.3 is 0 Å². The maximum Gasteiger partial charge on any atom is 0.172 e. The molecule has 0 bridgehead atoms. The Balaban J connectivity index is 1.62. The fraction of sp³-hybridized carbons (Fsp3) is 0.579. The highest BCUT2D eigenvalue weighted by Gasteiger charge is 2.38. The second kappa shape index (κ2) is 8.00. The molecule has 1 N–H and O–H groups in total. The van der Waals surface area contributed by atoms with Crippen molar-refractivity contribution in [1.29, 1.82) is 0 Å². The Hall–Kier alpha value is -0.880. The van der Waals surface area contributed by atoms with Crippen LogP contribution in [-0.2, 0) is 15.9 Å². The highest BCUT2D eigenvalue weighted by molar-refractivity contribution is 9.10. The highest BCUT2D eigenvalue weighted by atomic mass is 79.9. The number of aliphatic hydroxyl groups is 1. The van der Waals surface area contributed by atoms with E-state index in [-0.39, 0.29) is 18.3 Å². The molecule has 132 valence electrons. The fourth-order valence-corrected chi connectivity index (χ4v) is 3.99. The lowest BCUT2D eigenvalue weighted by Crippen LogP contribution is -2.33. The van der Waals surface area contributed by atoms with Crippen LogP contribution in [0.3, 0.4) is 0 Å². The van der Waals surface area contributed by atoms with Gasteiger partial charge in [0.2, 0.25) is 0 Å². The first-order chi connectivity index (χ1) is 11.7. The monoisotopic (exact) mass is 396 g/mol. The van der Waals surface area contributed by atoms with Crippen molar-refractivity contribution >= 4 is 15.9 Å². The number of hydrogen-bond donors (Lipinski definition) is 1. The summed E-state index contributed by atoms with van der Waals surface area (Å²) in [7, 11) is 1.68. The van der Waals surface area contributed by atoms with E-state index in [9.17, 15) is 5.11 Å². The molecule has 1 fully saturated rings. The normalized spacial score (nSPS) is 20.9. The van der Waals surface area contributed by atoms with Crippen molar-refractivity contribution in [3.8, 4) is 5.75 Å². The van der Waals surface area contributed by atoms with E-state index in [0.717, 1.165) is 42.3 Å². The lowest BCUT2D eigenvalue weighted by atomic mass is 9.84. The fourth-order valence-electron chi connectivity index (χ4n) is 3.55. The molecule has 1 aliphatic carbocycles. The van der Waals surface area contributed by atoms with Gasteiger partial charge in [-0.1, -0.05) is 27.6 Å². The van der Waals surface area contributed by atoms with Crippen molar-refractivity contribution in [2.24, 2.45) is 5.92 Å². The quantitative estimate of drug-likeness (QED) is 0.741. The Labute approximate surface area is 151 Å². The number of aliphatic hydroxyl groups excluding tert-OH is 1. The van der Waals surface area contributed by atoms with Gasteiger partial charge in [0.25, 0.3) is 0 Å². The number of ether oxygens (including phenoxy) is 3. The molecule has 1 aromatic rings. The number of methoxy groups -OCH3 is 1. The van der Waals surface area contributed by atoms with E-state index in [1.165, 1.54) is 11.1 Å². The van der Waals surface area contributed by atoms with Crippen LogP contribution in [0.25, 0.3) is 0 Å². The largest absolute Gasteiger partial charge is 0.497 e. The predicted octanol–water partition coefficient (Wildman–Crippen LogP) is 3.85. The summed E-state index contributed by atoms with van der Waals surface area (Å²) in [6.07, 6.45) is 6.65. The van der Waals surface area contributed by atoms with Crippen molar-refractivity contribution in [3.05, 3.63) is 39.9 Å². The molecule has 24 heavy (non-hydrogen) atoms. The predicted molar refractivity (Wildman–Crippen MR) is 96.2 cm³/mol. The van der Waals surface area contributed by atoms with Crippen LogP contribution in [0.4, 0.5) is 0 Å². The lowest BCUT2D eigenvalue weighted by Gasteiger charge is -2.32. The van der Waals surface area contributed by atoms with Crippen LogP contribution >= 0.6 is 15.9 Å². The van der Waals surface area contributed by atoms with E-state index in [1.54, 1.807) is 7.11 Å². The SMILES string of the molecule is COc1ccc(Br)c(CCC(CO)C2=CCC3(CC2)OCCO3)c1. The van der Waals surface area contributed by atoms with Gasteiger partial charge in [-0.3, -0.25) is 0 Å². The molecule has 2 aliphatic rings. The number of benzene rings is 1. The zero-order valence-corrected chi connectivity index (χ0v) is 15.7. The molecular weight excluding hydrogens is 372 g/mol. The summed E-state index contributed by atoms with van der Waals surface area (Å²) in [5.41, 5.74) is 2.55. The van der Waals surface area contributed by atoms with Gasteiger partial charge in [-0.15, -0.1) is 0 Å². The first kappa shape index (κ1) is 17.9. The van der Waals surface area contributed by atoms with Gasteiger partial charge in [-0.2, -0.15) is 0 Å². The summed E-state index contributed by atoms with van der Waals surface area (Å²) in [6, 6.07) is 6.02. The summed E-state index contributed by atoms with van der Waals surface area (Å²) < 4.78 is 17.9. The summed E-state index contributed by atoms with van der Waals surface area (Å²) >= 11 is 3.60. The van der Waals surface area contributed by atoms with E-state index in [4.69, 9.17) is 14.2 Å². The third kappa shape index (κ3) is 4.02. The maximum absolute atomic E-state index is 9.84. The topological polar surface area (TPSA) is 47.9 Å². The molecule has 0 amide bonds. The van der Waals surface area contributed by atoms with E-state index in [1.807, 2.05) is 12.1 Å². The molecular formula is C19H25BrO4. The first-order valence-corrected chi connectivity index (χ1v) is 9.35. The molecule has 4 nitrogen and oxygen atoms in total. The summed E-state index contributed by atoms with van der Waals surface area (Å²) in [5, 5.41) is 9.84. The van der Waals surface area contributed by atoms with E-state index >= 15 is 0 Å². The van der Waals surface area contributed by atoms with Crippen molar-refractivity contribution in [2.75, 3.05) is 26.9 Å². The Bertz CT molecular complexity index is 593. The summed E-state index contributed by atoms with van der Waals surface area (Å²) in [5.74, 6) is 0.671. The third-order valence-corrected chi connectivity index (χ3v) is 5.82. The molecule has 1 heterocycles. The molecule has 5 heteroatoms. The number of halogens is 1. The van der Waals surface area contributed by atoms with Crippen LogP contribution < -0.4 is 4.74 Å². The van der Waals surface area contributed by atoms with Crippen molar-refractivity contribution < 1.29 is 19.3 Å². The van der Waals surface area contributed by atoms with Crippen molar-refractivity contribution in [2.45, 2.75) is 37.9 Å². The molecule has 3 rings (SSSR count). The molecule has 1 atom stereocenters. The standard InChI is InChI=1S/C19H25BrO4/c1-22-17-4-5-18(20)15(12-17)2-3-16(13-21)14-6-8-19(9-7-14)23-10-11-24-19/h4-6,12,16,21H,2-3,7-11,13H2,1H3. The van der Waals surface area contributed by atoms with Crippen LogP contribution in [0.15, 0.2) is 34.3 Å². The van der Waals surface area contributed by atoms with Crippen LogP contribution in [0.2, 0.25) is 0 Å². The van der Waals surface area contributed by atoms with Crippen LogP contribution in [0, 0.1) is 5.92 Å². The van der Waals surface area contributed by atoms with Gasteiger partial charge < -0.3 is 19.3 Å². The Morgan fingerprint density at radius 1 is 1.33 bits per heavy atom. The minimum atomic E-state index is -0.390. The zero-order chi connectivity index (χ0) is 17.0. The van der Waals surface area contributed by atoms with Gasteiger partial charge in [0, 0.05) is 29.8 Å². The minimum absolute atomic E-state index is 0.183. The summed E-state index contributed by atoms with van der Waals surface area (Å²) in [4.78, 5) is 0. The third-order valence-electron chi connectivity index (χ3n) is 5.04. The van der Waals surface area contributed by atoms with Crippen LogP contribution in [-0.4, -0.2) is 37.8 Å². The Morgan fingerprint density at radius 2 is 2.12 bits per heavy atom.